The number of carbonyl (C=O) groups is 3. The van der Waals surface area contributed by atoms with Crippen molar-refractivity contribution in [1.82, 2.24) is 5.32 Å². The van der Waals surface area contributed by atoms with Gasteiger partial charge in [-0.2, -0.15) is 0 Å². The number of carboxylic acids is 1. The van der Waals surface area contributed by atoms with Gasteiger partial charge in [-0.25, -0.2) is 14.0 Å². The van der Waals surface area contributed by atoms with Crippen LogP contribution in [0.4, 0.5) is 9.18 Å². The predicted molar refractivity (Wildman–Crippen MR) is 85.4 cm³/mol. The summed E-state index contributed by atoms with van der Waals surface area (Å²) in [7, 11) is 0. The van der Waals surface area contributed by atoms with Gasteiger partial charge in [0.2, 0.25) is 0 Å². The number of aliphatic carboxylic acids is 1. The van der Waals surface area contributed by atoms with Gasteiger partial charge < -0.3 is 15.2 Å². The Bertz CT molecular complexity index is 592. The van der Waals surface area contributed by atoms with Gasteiger partial charge in [-0.3, -0.25) is 4.79 Å². The van der Waals surface area contributed by atoms with E-state index < -0.39 is 29.5 Å². The number of Topliss-reactive ketones (excluding diaryl/α,β-unsaturated/α-hetero) is 1. The van der Waals surface area contributed by atoms with Crippen LogP contribution < -0.4 is 5.32 Å². The van der Waals surface area contributed by atoms with E-state index in [1.54, 1.807) is 20.8 Å². The van der Waals surface area contributed by atoms with Crippen molar-refractivity contribution in [3.8, 4) is 0 Å². The minimum Gasteiger partial charge on any atom is -0.480 e. The largest absolute Gasteiger partial charge is 0.480 e. The lowest BCUT2D eigenvalue weighted by Gasteiger charge is -2.21. The smallest absolute Gasteiger partial charge is 0.408 e. The third-order valence-corrected chi connectivity index (χ3v) is 3.05. The Hall–Kier alpha value is -2.44. The number of hydrogen-bond acceptors (Lipinski definition) is 4. The molecule has 0 aromatic heterocycles. The van der Waals surface area contributed by atoms with Gasteiger partial charge >= 0.3 is 12.1 Å². The molecule has 1 rings (SSSR count). The number of halogens is 1. The zero-order valence-corrected chi connectivity index (χ0v) is 14.0. The molecule has 1 unspecified atom stereocenters. The first-order chi connectivity index (χ1) is 11.1. The van der Waals surface area contributed by atoms with Gasteiger partial charge in [0.1, 0.15) is 17.5 Å². The van der Waals surface area contributed by atoms with Crippen LogP contribution in [0.1, 0.15) is 50.4 Å². The predicted octanol–water partition coefficient (Wildman–Crippen LogP) is 3.16. The number of benzene rings is 1. The number of ketones is 1. The molecule has 6 nitrogen and oxygen atoms in total. The van der Waals surface area contributed by atoms with Crippen molar-refractivity contribution in [1.29, 1.82) is 0 Å². The van der Waals surface area contributed by atoms with Gasteiger partial charge in [0.15, 0.2) is 5.78 Å². The van der Waals surface area contributed by atoms with Gasteiger partial charge in [0.05, 0.1) is 0 Å². The lowest BCUT2D eigenvalue weighted by atomic mass is 10.0. The average molecular weight is 339 g/mol. The number of carboxylic acid groups (broad SMARTS) is 1. The number of carbonyl (C=O) groups excluding carboxylic acids is 2. The molecule has 0 heterocycles. The van der Waals surface area contributed by atoms with Crippen LogP contribution in [0.25, 0.3) is 0 Å². The van der Waals surface area contributed by atoms with E-state index in [4.69, 9.17) is 9.84 Å². The Morgan fingerprint density at radius 3 is 2.29 bits per heavy atom. The average Bonchev–Trinajstić information content (AvgIpc) is 2.44. The van der Waals surface area contributed by atoms with E-state index in [0.717, 1.165) is 0 Å². The van der Waals surface area contributed by atoms with Crippen LogP contribution in [0, 0.1) is 5.82 Å². The van der Waals surface area contributed by atoms with E-state index >= 15 is 0 Å². The molecule has 0 radical (unpaired) electrons. The summed E-state index contributed by atoms with van der Waals surface area (Å²) in [6, 6.07) is 4.01. The Morgan fingerprint density at radius 2 is 1.79 bits per heavy atom. The van der Waals surface area contributed by atoms with Crippen molar-refractivity contribution in [2.45, 2.75) is 51.7 Å². The molecule has 7 heteroatoms. The summed E-state index contributed by atoms with van der Waals surface area (Å²) in [5, 5.41) is 11.4. The van der Waals surface area contributed by atoms with Crippen molar-refractivity contribution in [3.05, 3.63) is 35.6 Å². The van der Waals surface area contributed by atoms with Gasteiger partial charge in [0.25, 0.3) is 0 Å². The van der Waals surface area contributed by atoms with E-state index in [1.807, 2.05) is 0 Å². The summed E-state index contributed by atoms with van der Waals surface area (Å²) >= 11 is 0. The lowest BCUT2D eigenvalue weighted by molar-refractivity contribution is -0.139. The van der Waals surface area contributed by atoms with Crippen molar-refractivity contribution >= 4 is 17.8 Å². The normalized spacial score (nSPS) is 12.3. The second kappa shape index (κ2) is 8.42. The quantitative estimate of drug-likeness (QED) is 0.744. The Balaban J connectivity index is 2.49. The van der Waals surface area contributed by atoms with E-state index in [1.165, 1.54) is 24.3 Å². The summed E-state index contributed by atoms with van der Waals surface area (Å²) in [6.07, 6.45) is -0.365. The van der Waals surface area contributed by atoms with Crippen molar-refractivity contribution in [2.75, 3.05) is 0 Å². The fraction of sp³-hybridized carbons (Fsp3) is 0.471. The molecule has 1 amide bonds. The van der Waals surface area contributed by atoms with Gasteiger partial charge in [-0.15, -0.1) is 0 Å². The zero-order chi connectivity index (χ0) is 18.3. The number of nitrogens with one attached hydrogen (secondary N) is 1. The molecule has 0 spiro atoms. The van der Waals surface area contributed by atoms with Crippen LogP contribution >= 0.6 is 0 Å². The Labute approximate surface area is 140 Å². The molecule has 0 aliphatic heterocycles. The number of ether oxygens (including phenoxy) is 1. The third-order valence-electron chi connectivity index (χ3n) is 3.05. The SMILES string of the molecule is CC(C)(C)OC(=O)NC(CCCC(=O)c1ccc(F)cc1)C(=O)O. The molecule has 2 N–H and O–H groups in total. The monoisotopic (exact) mass is 339 g/mol. The molecule has 1 aromatic carbocycles. The van der Waals surface area contributed by atoms with Crippen LogP contribution in [0.15, 0.2) is 24.3 Å². The Kier molecular flexibility index (Phi) is 6.88. The summed E-state index contributed by atoms with van der Waals surface area (Å²) in [5.74, 6) is -1.84. The Morgan fingerprint density at radius 1 is 1.21 bits per heavy atom. The first-order valence-electron chi connectivity index (χ1n) is 7.59. The minimum absolute atomic E-state index is 0.0848. The topological polar surface area (TPSA) is 92.7 Å². The molecule has 24 heavy (non-hydrogen) atoms. The van der Waals surface area contributed by atoms with Crippen LogP contribution in [0.5, 0.6) is 0 Å². The van der Waals surface area contributed by atoms with Crippen LogP contribution in [0.3, 0.4) is 0 Å². The number of rotatable bonds is 7. The minimum atomic E-state index is -1.20. The number of alkyl carbamates (subject to hydrolysis) is 1. The maximum atomic E-state index is 12.8. The second-order valence-corrected chi connectivity index (χ2v) is 6.36. The van der Waals surface area contributed by atoms with Crippen LogP contribution in [-0.4, -0.2) is 34.6 Å². The van der Waals surface area contributed by atoms with E-state index in [9.17, 15) is 18.8 Å². The summed E-state index contributed by atoms with van der Waals surface area (Å²) in [5.41, 5.74) is -0.366. The second-order valence-electron chi connectivity index (χ2n) is 6.36. The van der Waals surface area contributed by atoms with E-state index in [2.05, 4.69) is 5.32 Å². The summed E-state index contributed by atoms with van der Waals surface area (Å²) in [4.78, 5) is 34.7. The van der Waals surface area contributed by atoms with Crippen molar-refractivity contribution in [3.63, 3.8) is 0 Å². The maximum absolute atomic E-state index is 12.8. The van der Waals surface area contributed by atoms with E-state index in [0.29, 0.717) is 5.56 Å². The molecule has 1 atom stereocenters. The highest BCUT2D eigenvalue weighted by molar-refractivity contribution is 5.96. The molecule has 0 saturated carbocycles. The van der Waals surface area contributed by atoms with Crippen molar-refractivity contribution < 1.29 is 28.6 Å². The van der Waals surface area contributed by atoms with Crippen molar-refractivity contribution in [2.24, 2.45) is 0 Å². The molecule has 0 bridgehead atoms. The number of amides is 1. The molecular formula is C17H22FNO5. The molecule has 132 valence electrons. The first kappa shape index (κ1) is 19.6. The van der Waals surface area contributed by atoms with Gasteiger partial charge in [0, 0.05) is 12.0 Å². The fourth-order valence-corrected chi connectivity index (χ4v) is 1.95. The lowest BCUT2D eigenvalue weighted by Crippen LogP contribution is -2.43. The maximum Gasteiger partial charge on any atom is 0.408 e. The highest BCUT2D eigenvalue weighted by Crippen LogP contribution is 2.11. The molecular weight excluding hydrogens is 317 g/mol. The zero-order valence-electron chi connectivity index (χ0n) is 14.0. The molecule has 0 aliphatic carbocycles. The van der Waals surface area contributed by atoms with Gasteiger partial charge in [-0.1, -0.05) is 0 Å². The summed E-state index contributed by atoms with van der Waals surface area (Å²) in [6.45, 7) is 5.01. The first-order valence-corrected chi connectivity index (χ1v) is 7.59. The fourth-order valence-electron chi connectivity index (χ4n) is 1.95. The summed E-state index contributed by atoms with van der Waals surface area (Å²) < 4.78 is 17.8. The van der Waals surface area contributed by atoms with E-state index in [-0.39, 0.29) is 25.0 Å². The highest BCUT2D eigenvalue weighted by Gasteiger charge is 2.23. The molecule has 0 aliphatic rings. The molecule has 0 fully saturated rings. The van der Waals surface area contributed by atoms with Crippen LogP contribution in [-0.2, 0) is 9.53 Å². The van der Waals surface area contributed by atoms with Crippen LogP contribution in [0.2, 0.25) is 0 Å². The third kappa shape index (κ3) is 7.21. The van der Waals surface area contributed by atoms with Gasteiger partial charge in [-0.05, 0) is 57.9 Å². The number of hydrogen-bond donors (Lipinski definition) is 2. The highest BCUT2D eigenvalue weighted by atomic mass is 19.1. The standard InChI is InChI=1S/C17H22FNO5/c1-17(2,3)24-16(23)19-13(15(21)22)5-4-6-14(20)11-7-9-12(18)10-8-11/h7-10,13H,4-6H2,1-3H3,(H,19,23)(H,21,22). The molecule has 1 aromatic rings. The molecule has 0 saturated heterocycles.